The lowest BCUT2D eigenvalue weighted by Crippen LogP contribution is -2.22. The highest BCUT2D eigenvalue weighted by atomic mass is 32.2. The zero-order valence-electron chi connectivity index (χ0n) is 15.5. The minimum Gasteiger partial charge on any atom is -0.341 e. The first-order valence-electron chi connectivity index (χ1n) is 8.94. The Morgan fingerprint density at radius 1 is 1.22 bits per heavy atom. The number of hydrogen-bond donors (Lipinski definition) is 2. The molecule has 4 aromatic rings. The van der Waals surface area contributed by atoms with Crippen LogP contribution in [0.4, 0.5) is 5.69 Å². The van der Waals surface area contributed by atoms with E-state index in [0.717, 1.165) is 23.4 Å². The van der Waals surface area contributed by atoms with Gasteiger partial charge >= 0.3 is 0 Å². The van der Waals surface area contributed by atoms with Gasteiger partial charge in [-0.3, -0.25) is 9.89 Å². The maximum atomic E-state index is 12.6. The summed E-state index contributed by atoms with van der Waals surface area (Å²) < 4.78 is 2.29. The summed E-state index contributed by atoms with van der Waals surface area (Å²) in [5.41, 5.74) is 3.18. The zero-order chi connectivity index (χ0) is 19.0. The summed E-state index contributed by atoms with van der Waals surface area (Å²) in [4.78, 5) is 16.8. The summed E-state index contributed by atoms with van der Waals surface area (Å²) in [5.74, 6) is 0.670. The van der Waals surface area contributed by atoms with E-state index in [1.807, 2.05) is 26.0 Å². The van der Waals surface area contributed by atoms with Gasteiger partial charge in [0.25, 0.3) is 0 Å². The number of anilines is 1. The number of para-hydroxylation sites is 1. The number of aryl methyl sites for hydroxylation is 2. The van der Waals surface area contributed by atoms with Gasteiger partial charge in [-0.25, -0.2) is 4.98 Å². The molecule has 138 valence electrons. The Hall–Kier alpha value is -2.80. The molecule has 2 aromatic heterocycles. The van der Waals surface area contributed by atoms with Crippen molar-refractivity contribution < 1.29 is 4.79 Å². The van der Waals surface area contributed by atoms with Crippen LogP contribution in [0.2, 0.25) is 0 Å². The summed E-state index contributed by atoms with van der Waals surface area (Å²) >= 11 is 1.34. The summed E-state index contributed by atoms with van der Waals surface area (Å²) in [6.45, 7) is 6.74. The van der Waals surface area contributed by atoms with E-state index in [-0.39, 0.29) is 11.2 Å². The quantitative estimate of drug-likeness (QED) is 0.505. The minimum absolute atomic E-state index is 0.0685. The smallest absolute Gasteiger partial charge is 0.237 e. The fraction of sp³-hybridized carbons (Fsp3) is 0.250. The second-order valence-corrected chi connectivity index (χ2v) is 7.75. The number of carbonyl (C=O) groups is 1. The number of aromatic amines is 1. The molecular weight excluding hydrogens is 358 g/mol. The van der Waals surface area contributed by atoms with Crippen molar-refractivity contribution in [3.63, 3.8) is 0 Å². The standard InChI is InChI=1S/C20H21N5OS/c1-4-25-17-8-6-5-7-15(17)16-11-14(9-10-18(16)25)22-19(26)12(2)27-20-21-13(3)23-24-20/h5-12H,4H2,1-3H3,(H,22,26)(H,21,23,24). The Labute approximate surface area is 161 Å². The minimum atomic E-state index is -0.298. The summed E-state index contributed by atoms with van der Waals surface area (Å²) in [6, 6.07) is 14.4. The Morgan fingerprint density at radius 2 is 2.00 bits per heavy atom. The zero-order valence-corrected chi connectivity index (χ0v) is 16.3. The van der Waals surface area contributed by atoms with E-state index < -0.39 is 0 Å². The Kier molecular flexibility index (Phi) is 4.61. The highest BCUT2D eigenvalue weighted by Crippen LogP contribution is 2.31. The van der Waals surface area contributed by atoms with Crippen LogP contribution in [0.3, 0.4) is 0 Å². The van der Waals surface area contributed by atoms with Crippen molar-refractivity contribution in [2.45, 2.75) is 37.7 Å². The van der Waals surface area contributed by atoms with E-state index in [1.165, 1.54) is 28.2 Å². The van der Waals surface area contributed by atoms with E-state index in [2.05, 4.69) is 62.3 Å². The van der Waals surface area contributed by atoms with E-state index in [9.17, 15) is 4.79 Å². The molecule has 1 amide bonds. The molecule has 2 N–H and O–H groups in total. The molecule has 1 atom stereocenters. The number of fused-ring (bicyclic) bond motifs is 3. The van der Waals surface area contributed by atoms with Gasteiger partial charge in [0.05, 0.1) is 5.25 Å². The molecule has 0 spiro atoms. The molecule has 0 fully saturated rings. The second-order valence-electron chi connectivity index (χ2n) is 6.45. The van der Waals surface area contributed by atoms with Crippen molar-refractivity contribution in [2.24, 2.45) is 0 Å². The van der Waals surface area contributed by atoms with Gasteiger partial charge in [-0.2, -0.15) is 0 Å². The number of hydrogen-bond acceptors (Lipinski definition) is 4. The van der Waals surface area contributed by atoms with Crippen LogP contribution < -0.4 is 5.32 Å². The molecular formula is C20H21N5OS. The molecule has 6 nitrogen and oxygen atoms in total. The maximum Gasteiger partial charge on any atom is 0.237 e. The number of aromatic nitrogens is 4. The van der Waals surface area contributed by atoms with Gasteiger partial charge in [-0.05, 0) is 45.0 Å². The molecule has 0 aliphatic rings. The van der Waals surface area contributed by atoms with Crippen LogP contribution in [0.15, 0.2) is 47.6 Å². The molecule has 0 aliphatic carbocycles. The first kappa shape index (κ1) is 17.6. The first-order valence-corrected chi connectivity index (χ1v) is 9.82. The highest BCUT2D eigenvalue weighted by Gasteiger charge is 2.18. The van der Waals surface area contributed by atoms with Crippen molar-refractivity contribution in [1.29, 1.82) is 0 Å². The number of amides is 1. The van der Waals surface area contributed by atoms with Gasteiger partial charge in [-0.1, -0.05) is 30.0 Å². The van der Waals surface area contributed by atoms with Crippen LogP contribution in [0, 0.1) is 6.92 Å². The number of H-pyrrole nitrogens is 1. The van der Waals surface area contributed by atoms with Crippen LogP contribution >= 0.6 is 11.8 Å². The lowest BCUT2D eigenvalue weighted by molar-refractivity contribution is -0.115. The van der Waals surface area contributed by atoms with Gasteiger partial charge in [0.15, 0.2) is 0 Å². The number of carbonyl (C=O) groups excluding carboxylic acids is 1. The normalized spacial score (nSPS) is 12.6. The molecule has 0 radical (unpaired) electrons. The molecule has 0 saturated carbocycles. The number of rotatable bonds is 5. The Bertz CT molecular complexity index is 1130. The van der Waals surface area contributed by atoms with Gasteiger partial charge < -0.3 is 9.88 Å². The van der Waals surface area contributed by atoms with Gasteiger partial charge in [0.2, 0.25) is 11.1 Å². The van der Waals surface area contributed by atoms with Crippen molar-refractivity contribution in [3.8, 4) is 0 Å². The summed E-state index contributed by atoms with van der Waals surface area (Å²) in [6.07, 6.45) is 0. The molecule has 7 heteroatoms. The average Bonchev–Trinajstić information content (AvgIpc) is 3.22. The van der Waals surface area contributed by atoms with Gasteiger partial charge in [0.1, 0.15) is 5.82 Å². The summed E-state index contributed by atoms with van der Waals surface area (Å²) in [7, 11) is 0. The molecule has 0 saturated heterocycles. The largest absolute Gasteiger partial charge is 0.341 e. The predicted molar refractivity (Wildman–Crippen MR) is 110 cm³/mol. The van der Waals surface area contributed by atoms with Crippen molar-refractivity contribution >= 4 is 45.2 Å². The van der Waals surface area contributed by atoms with E-state index in [0.29, 0.717) is 5.16 Å². The third kappa shape index (κ3) is 3.30. The van der Waals surface area contributed by atoms with Crippen LogP contribution in [-0.4, -0.2) is 30.9 Å². The van der Waals surface area contributed by atoms with Gasteiger partial charge in [-0.15, -0.1) is 5.10 Å². The summed E-state index contributed by atoms with van der Waals surface area (Å²) in [5, 5.41) is 12.5. The number of thioether (sulfide) groups is 1. The van der Waals surface area contributed by atoms with Crippen LogP contribution in [-0.2, 0) is 11.3 Å². The molecule has 1 unspecified atom stereocenters. The molecule has 2 aromatic carbocycles. The van der Waals surface area contributed by atoms with E-state index in [4.69, 9.17) is 0 Å². The average molecular weight is 379 g/mol. The van der Waals surface area contributed by atoms with Crippen molar-refractivity contribution in [3.05, 3.63) is 48.3 Å². The van der Waals surface area contributed by atoms with Crippen molar-refractivity contribution in [1.82, 2.24) is 19.7 Å². The Morgan fingerprint density at radius 3 is 2.74 bits per heavy atom. The monoisotopic (exact) mass is 379 g/mol. The van der Waals surface area contributed by atoms with Crippen molar-refractivity contribution in [2.75, 3.05) is 5.32 Å². The number of nitrogens with one attached hydrogen (secondary N) is 2. The molecule has 4 rings (SSSR count). The fourth-order valence-corrected chi connectivity index (χ4v) is 4.07. The van der Waals surface area contributed by atoms with Crippen LogP contribution in [0.1, 0.15) is 19.7 Å². The van der Waals surface area contributed by atoms with Crippen LogP contribution in [0.25, 0.3) is 21.8 Å². The van der Waals surface area contributed by atoms with E-state index in [1.54, 1.807) is 0 Å². The lowest BCUT2D eigenvalue weighted by atomic mass is 10.1. The Balaban J connectivity index is 1.60. The molecule has 27 heavy (non-hydrogen) atoms. The number of nitrogens with zero attached hydrogens (tertiary/aromatic N) is 3. The third-order valence-corrected chi connectivity index (χ3v) is 5.55. The molecule has 0 aliphatic heterocycles. The van der Waals surface area contributed by atoms with Crippen LogP contribution in [0.5, 0.6) is 0 Å². The van der Waals surface area contributed by atoms with E-state index >= 15 is 0 Å². The molecule has 2 heterocycles. The SMILES string of the molecule is CCn1c2ccccc2c2cc(NC(=O)C(C)Sc3n[nH]c(C)n3)ccc21. The van der Waals surface area contributed by atoms with Gasteiger partial charge in [0, 0.05) is 34.0 Å². The fourth-order valence-electron chi connectivity index (χ4n) is 3.30. The predicted octanol–water partition coefficient (Wildman–Crippen LogP) is 4.36. The second kappa shape index (κ2) is 7.08. The maximum absolute atomic E-state index is 12.6. The molecule has 0 bridgehead atoms. The first-order chi connectivity index (χ1) is 13.1. The highest BCUT2D eigenvalue weighted by molar-refractivity contribution is 8.00. The topological polar surface area (TPSA) is 75.6 Å². The number of benzene rings is 2. The third-order valence-electron chi connectivity index (χ3n) is 4.58. The lowest BCUT2D eigenvalue weighted by Gasteiger charge is -2.10.